The van der Waals surface area contributed by atoms with Crippen LogP contribution in [0.25, 0.3) is 0 Å². The Bertz CT molecular complexity index is 1010. The fourth-order valence-corrected chi connectivity index (χ4v) is 4.45. The highest BCUT2D eigenvalue weighted by Crippen LogP contribution is 2.24. The van der Waals surface area contributed by atoms with Crippen LogP contribution in [0.4, 0.5) is 5.69 Å². The summed E-state index contributed by atoms with van der Waals surface area (Å²) in [7, 11) is -3.60. The summed E-state index contributed by atoms with van der Waals surface area (Å²) >= 11 is 3.41. The summed E-state index contributed by atoms with van der Waals surface area (Å²) in [5.41, 5.74) is 3.53. The Kier molecular flexibility index (Phi) is 8.10. The van der Waals surface area contributed by atoms with Crippen molar-refractivity contribution in [3.63, 3.8) is 0 Å². The third-order valence-corrected chi connectivity index (χ3v) is 7.17. The van der Waals surface area contributed by atoms with Gasteiger partial charge in [0.15, 0.2) is 0 Å². The predicted octanol–water partition coefficient (Wildman–Crippen LogP) is 2.67. The molecule has 0 unspecified atom stereocenters. The van der Waals surface area contributed by atoms with E-state index < -0.39 is 10.0 Å². The largest absolute Gasteiger partial charge is 0.379 e. The van der Waals surface area contributed by atoms with Crippen LogP contribution >= 0.6 is 15.9 Å². The van der Waals surface area contributed by atoms with Gasteiger partial charge in [-0.05, 0) is 41.8 Å². The monoisotopic (exact) mass is 509 g/mol. The van der Waals surface area contributed by atoms with Gasteiger partial charge in [0.2, 0.25) is 15.9 Å². The maximum Gasteiger partial charge on any atom is 0.241 e. The van der Waals surface area contributed by atoms with Crippen LogP contribution in [0.2, 0.25) is 0 Å². The molecule has 1 aliphatic rings. The lowest BCUT2D eigenvalue weighted by molar-refractivity contribution is -0.119. The zero-order valence-corrected chi connectivity index (χ0v) is 20.2. The number of nitrogens with one attached hydrogen (secondary N) is 1. The van der Waals surface area contributed by atoms with Crippen LogP contribution in [-0.4, -0.2) is 58.3 Å². The maximum absolute atomic E-state index is 12.5. The molecule has 2 aromatic carbocycles. The number of rotatable bonds is 8. The van der Waals surface area contributed by atoms with Crippen molar-refractivity contribution >= 4 is 37.5 Å². The summed E-state index contributed by atoms with van der Waals surface area (Å²) in [5, 5.41) is 2.82. The van der Waals surface area contributed by atoms with E-state index in [-0.39, 0.29) is 12.5 Å². The van der Waals surface area contributed by atoms with Crippen molar-refractivity contribution in [1.82, 2.24) is 10.2 Å². The second-order valence-electron chi connectivity index (χ2n) is 7.68. The fraction of sp³-hybridized carbons (Fsp3) is 0.409. The molecule has 1 N–H and O–H groups in total. The van der Waals surface area contributed by atoms with Gasteiger partial charge in [0, 0.05) is 30.7 Å². The van der Waals surface area contributed by atoms with Gasteiger partial charge in [-0.3, -0.25) is 14.0 Å². The van der Waals surface area contributed by atoms with Crippen molar-refractivity contribution in [1.29, 1.82) is 0 Å². The van der Waals surface area contributed by atoms with Gasteiger partial charge < -0.3 is 10.1 Å². The average Bonchev–Trinajstić information content (AvgIpc) is 2.73. The summed E-state index contributed by atoms with van der Waals surface area (Å²) < 4.78 is 31.9. The van der Waals surface area contributed by atoms with Crippen LogP contribution < -0.4 is 9.62 Å². The first-order valence-corrected chi connectivity index (χ1v) is 12.7. The van der Waals surface area contributed by atoms with Gasteiger partial charge in [0.25, 0.3) is 0 Å². The summed E-state index contributed by atoms with van der Waals surface area (Å²) in [6.45, 7) is 6.24. The van der Waals surface area contributed by atoms with Gasteiger partial charge >= 0.3 is 0 Å². The molecule has 1 fully saturated rings. The molecule has 1 amide bonds. The predicted molar refractivity (Wildman–Crippen MR) is 125 cm³/mol. The van der Waals surface area contributed by atoms with Crippen molar-refractivity contribution in [3.05, 3.63) is 63.6 Å². The summed E-state index contributed by atoms with van der Waals surface area (Å²) in [6.07, 6.45) is 1.10. The fourth-order valence-electron chi connectivity index (χ4n) is 3.35. The number of morpholine rings is 1. The third kappa shape index (κ3) is 7.03. The molecule has 0 atom stereocenters. The third-order valence-electron chi connectivity index (χ3n) is 5.14. The molecule has 31 heavy (non-hydrogen) atoms. The van der Waals surface area contributed by atoms with Gasteiger partial charge in [-0.2, -0.15) is 0 Å². The molecule has 1 aliphatic heterocycles. The molecule has 1 saturated heterocycles. The molecule has 3 rings (SSSR count). The SMILES string of the molecule is Cc1cc(N(CC(=O)NCc2ccc(CN3CCOCC3)cc2)S(C)(=O)=O)ccc1Br. The molecule has 168 valence electrons. The van der Waals surface area contributed by atoms with Crippen LogP contribution in [0.5, 0.6) is 0 Å². The highest BCUT2D eigenvalue weighted by atomic mass is 79.9. The molecule has 0 aromatic heterocycles. The average molecular weight is 510 g/mol. The number of sulfonamides is 1. The molecular formula is C22H28BrN3O4S. The molecule has 0 saturated carbocycles. The Balaban J connectivity index is 1.56. The zero-order valence-electron chi connectivity index (χ0n) is 17.8. The van der Waals surface area contributed by atoms with E-state index in [1.54, 1.807) is 18.2 Å². The first-order valence-electron chi connectivity index (χ1n) is 10.1. The molecule has 0 radical (unpaired) electrons. The molecule has 7 nitrogen and oxygen atoms in total. The minimum absolute atomic E-state index is 0.269. The molecule has 0 spiro atoms. The van der Waals surface area contributed by atoms with Gasteiger partial charge in [-0.15, -0.1) is 0 Å². The van der Waals surface area contributed by atoms with E-state index >= 15 is 0 Å². The van der Waals surface area contributed by atoms with Gasteiger partial charge in [-0.25, -0.2) is 8.42 Å². The lowest BCUT2D eigenvalue weighted by Crippen LogP contribution is -2.40. The Morgan fingerprint density at radius 2 is 1.77 bits per heavy atom. The van der Waals surface area contributed by atoms with Gasteiger partial charge in [-0.1, -0.05) is 40.2 Å². The summed E-state index contributed by atoms with van der Waals surface area (Å²) in [5.74, 6) is -0.358. The van der Waals surface area contributed by atoms with E-state index in [1.807, 2.05) is 19.1 Å². The summed E-state index contributed by atoms with van der Waals surface area (Å²) in [4.78, 5) is 14.8. The normalized spacial score (nSPS) is 14.9. The molecule has 2 aromatic rings. The summed E-state index contributed by atoms with van der Waals surface area (Å²) in [6, 6.07) is 13.3. The Hall–Kier alpha value is -1.94. The highest BCUT2D eigenvalue weighted by molar-refractivity contribution is 9.10. The first kappa shape index (κ1) is 23.7. The van der Waals surface area contributed by atoms with E-state index in [0.29, 0.717) is 12.2 Å². The Morgan fingerprint density at radius 1 is 1.13 bits per heavy atom. The lowest BCUT2D eigenvalue weighted by atomic mass is 10.1. The van der Waals surface area contributed by atoms with Crippen LogP contribution in [0, 0.1) is 6.92 Å². The number of hydrogen-bond donors (Lipinski definition) is 1. The topological polar surface area (TPSA) is 79.0 Å². The van der Waals surface area contributed by atoms with Gasteiger partial charge in [0.1, 0.15) is 6.54 Å². The number of halogens is 1. The number of nitrogens with zero attached hydrogens (tertiary/aromatic N) is 2. The lowest BCUT2D eigenvalue weighted by Gasteiger charge is -2.26. The number of carbonyl (C=O) groups is 1. The van der Waals surface area contributed by atoms with E-state index in [4.69, 9.17) is 4.74 Å². The molecular weight excluding hydrogens is 482 g/mol. The van der Waals surface area contributed by atoms with Crippen molar-refractivity contribution in [3.8, 4) is 0 Å². The highest BCUT2D eigenvalue weighted by Gasteiger charge is 2.21. The first-order chi connectivity index (χ1) is 14.7. The van der Waals surface area contributed by atoms with Crippen molar-refractivity contribution in [2.24, 2.45) is 0 Å². The Labute approximate surface area is 192 Å². The second kappa shape index (κ2) is 10.6. The van der Waals surface area contributed by atoms with Gasteiger partial charge in [0.05, 0.1) is 25.2 Å². The number of hydrogen-bond acceptors (Lipinski definition) is 5. The van der Waals surface area contributed by atoms with Crippen LogP contribution in [0.3, 0.4) is 0 Å². The van der Waals surface area contributed by atoms with E-state index in [2.05, 4.69) is 38.3 Å². The van der Waals surface area contributed by atoms with Crippen molar-refractivity contribution < 1.29 is 17.9 Å². The maximum atomic E-state index is 12.5. The quantitative estimate of drug-likeness (QED) is 0.591. The van der Waals surface area contributed by atoms with E-state index in [9.17, 15) is 13.2 Å². The minimum atomic E-state index is -3.60. The zero-order chi connectivity index (χ0) is 22.4. The number of ether oxygens (including phenoxy) is 1. The van der Waals surface area contributed by atoms with Crippen molar-refractivity contribution in [2.45, 2.75) is 20.0 Å². The van der Waals surface area contributed by atoms with E-state index in [0.717, 1.165) is 59.0 Å². The standard InChI is InChI=1S/C22H28BrN3O4S/c1-17-13-20(7-8-21(17)23)26(31(2,28)29)16-22(27)24-14-18-3-5-19(6-4-18)15-25-9-11-30-12-10-25/h3-8,13H,9-12,14-16H2,1-2H3,(H,24,27). The second-order valence-corrected chi connectivity index (χ2v) is 10.4. The molecule has 9 heteroatoms. The molecule has 0 bridgehead atoms. The number of carbonyl (C=O) groups excluding carboxylic acids is 1. The number of anilines is 1. The van der Waals surface area contributed by atoms with E-state index in [1.165, 1.54) is 5.56 Å². The number of aryl methyl sites for hydroxylation is 1. The van der Waals surface area contributed by atoms with Crippen LogP contribution in [0.15, 0.2) is 46.9 Å². The van der Waals surface area contributed by atoms with Crippen molar-refractivity contribution in [2.75, 3.05) is 43.4 Å². The van der Waals surface area contributed by atoms with Crippen LogP contribution in [-0.2, 0) is 32.6 Å². The Morgan fingerprint density at radius 3 is 2.39 bits per heavy atom. The molecule has 1 heterocycles. The smallest absolute Gasteiger partial charge is 0.241 e. The number of benzene rings is 2. The minimum Gasteiger partial charge on any atom is -0.379 e. The molecule has 0 aliphatic carbocycles. The van der Waals surface area contributed by atoms with Crippen LogP contribution in [0.1, 0.15) is 16.7 Å². The number of amides is 1.